The first-order valence-corrected chi connectivity index (χ1v) is 9.03. The standard InChI is InChI=1S/C19H28N2O3/c22-17(14-24-13-15-6-2-1-3-7-15)12-21-9-5-4-8-18(21)16-10-19(23)20-11-16/h1-3,6-7,16-18,22H,4-5,8-14H2,(H,20,23). The summed E-state index contributed by atoms with van der Waals surface area (Å²) >= 11 is 0. The highest BCUT2D eigenvalue weighted by atomic mass is 16.5. The molecule has 3 unspecified atom stereocenters. The van der Waals surface area contributed by atoms with Crippen molar-refractivity contribution in [3.05, 3.63) is 35.9 Å². The van der Waals surface area contributed by atoms with Gasteiger partial charge < -0.3 is 15.2 Å². The van der Waals surface area contributed by atoms with Gasteiger partial charge in [-0.2, -0.15) is 0 Å². The number of piperidine rings is 1. The number of ether oxygens (including phenoxy) is 1. The van der Waals surface area contributed by atoms with Crippen LogP contribution in [0.5, 0.6) is 0 Å². The van der Waals surface area contributed by atoms with Crippen molar-refractivity contribution in [2.75, 3.05) is 26.2 Å². The number of likely N-dealkylation sites (tertiary alicyclic amines) is 1. The summed E-state index contributed by atoms with van der Waals surface area (Å²) in [7, 11) is 0. The predicted octanol–water partition coefficient (Wildman–Crippen LogP) is 1.55. The largest absolute Gasteiger partial charge is 0.389 e. The Morgan fingerprint density at radius 3 is 2.88 bits per heavy atom. The molecule has 2 N–H and O–H groups in total. The molecule has 2 aliphatic rings. The molecule has 3 atom stereocenters. The van der Waals surface area contributed by atoms with Crippen molar-refractivity contribution in [1.29, 1.82) is 0 Å². The minimum Gasteiger partial charge on any atom is -0.389 e. The van der Waals surface area contributed by atoms with Crippen molar-refractivity contribution in [2.45, 2.75) is 44.4 Å². The van der Waals surface area contributed by atoms with Crippen LogP contribution >= 0.6 is 0 Å². The quantitative estimate of drug-likeness (QED) is 0.795. The summed E-state index contributed by atoms with van der Waals surface area (Å²) in [5.74, 6) is 0.549. The van der Waals surface area contributed by atoms with Crippen molar-refractivity contribution in [1.82, 2.24) is 10.2 Å². The highest BCUT2D eigenvalue weighted by molar-refractivity contribution is 5.78. The summed E-state index contributed by atoms with van der Waals surface area (Å²) in [5.41, 5.74) is 1.12. The number of amides is 1. The van der Waals surface area contributed by atoms with E-state index in [2.05, 4.69) is 10.2 Å². The molecule has 132 valence electrons. The van der Waals surface area contributed by atoms with Crippen LogP contribution in [0, 0.1) is 5.92 Å². The summed E-state index contributed by atoms with van der Waals surface area (Å²) in [4.78, 5) is 13.9. The molecule has 2 fully saturated rings. The Hall–Kier alpha value is -1.43. The van der Waals surface area contributed by atoms with Gasteiger partial charge >= 0.3 is 0 Å². The molecule has 2 heterocycles. The molecule has 0 saturated carbocycles. The second-order valence-corrected chi connectivity index (χ2v) is 6.98. The van der Waals surface area contributed by atoms with Gasteiger partial charge in [-0.25, -0.2) is 0 Å². The monoisotopic (exact) mass is 332 g/mol. The third-order valence-electron chi connectivity index (χ3n) is 5.08. The zero-order valence-corrected chi connectivity index (χ0v) is 14.2. The number of carbonyl (C=O) groups excluding carboxylic acids is 1. The van der Waals surface area contributed by atoms with Crippen LogP contribution < -0.4 is 5.32 Å². The van der Waals surface area contributed by atoms with Crippen LogP contribution in [-0.4, -0.2) is 54.3 Å². The van der Waals surface area contributed by atoms with Gasteiger partial charge in [0.2, 0.25) is 5.91 Å². The van der Waals surface area contributed by atoms with Crippen LogP contribution in [-0.2, 0) is 16.1 Å². The lowest BCUT2D eigenvalue weighted by atomic mass is 9.89. The van der Waals surface area contributed by atoms with Crippen LogP contribution in [0.3, 0.4) is 0 Å². The number of β-amino-alcohol motifs (C(OH)–C–C–N with tert-alkyl or cyclic N) is 1. The molecule has 2 saturated heterocycles. The van der Waals surface area contributed by atoms with Gasteiger partial charge in [-0.05, 0) is 24.9 Å². The Bertz CT molecular complexity index is 523. The van der Waals surface area contributed by atoms with Crippen LogP contribution in [0.4, 0.5) is 0 Å². The van der Waals surface area contributed by atoms with Crippen molar-refractivity contribution in [2.24, 2.45) is 5.92 Å². The van der Waals surface area contributed by atoms with Crippen LogP contribution in [0.25, 0.3) is 0 Å². The number of aliphatic hydroxyl groups excluding tert-OH is 1. The van der Waals surface area contributed by atoms with Crippen LogP contribution in [0.15, 0.2) is 30.3 Å². The van der Waals surface area contributed by atoms with E-state index < -0.39 is 6.10 Å². The number of aliphatic hydroxyl groups is 1. The highest BCUT2D eigenvalue weighted by Gasteiger charge is 2.35. The molecule has 2 aliphatic heterocycles. The van der Waals surface area contributed by atoms with Gasteiger partial charge in [0.1, 0.15) is 0 Å². The van der Waals surface area contributed by atoms with E-state index in [1.807, 2.05) is 30.3 Å². The normalized spacial score (nSPS) is 26.3. The molecule has 1 aromatic carbocycles. The topological polar surface area (TPSA) is 61.8 Å². The van der Waals surface area contributed by atoms with E-state index in [-0.39, 0.29) is 5.91 Å². The van der Waals surface area contributed by atoms with Gasteiger partial charge in [-0.1, -0.05) is 36.8 Å². The first-order valence-electron chi connectivity index (χ1n) is 9.03. The fraction of sp³-hybridized carbons (Fsp3) is 0.632. The fourth-order valence-corrected chi connectivity index (χ4v) is 3.89. The summed E-state index contributed by atoms with van der Waals surface area (Å²) in [6.45, 7) is 3.29. The Kier molecular flexibility index (Phi) is 6.24. The van der Waals surface area contributed by atoms with E-state index in [4.69, 9.17) is 4.74 Å². The minimum absolute atomic E-state index is 0.164. The lowest BCUT2D eigenvalue weighted by molar-refractivity contribution is -0.119. The Morgan fingerprint density at radius 1 is 1.29 bits per heavy atom. The number of hydrogen-bond acceptors (Lipinski definition) is 4. The summed E-state index contributed by atoms with van der Waals surface area (Å²) in [5, 5.41) is 13.3. The van der Waals surface area contributed by atoms with Crippen molar-refractivity contribution >= 4 is 5.91 Å². The molecule has 24 heavy (non-hydrogen) atoms. The fourth-order valence-electron chi connectivity index (χ4n) is 3.89. The molecule has 0 aromatic heterocycles. The first kappa shape index (κ1) is 17.4. The SMILES string of the molecule is O=C1CC(C2CCCCN2CC(O)COCc2ccccc2)CN1. The molecule has 5 heteroatoms. The van der Waals surface area contributed by atoms with Gasteiger partial charge in [-0.3, -0.25) is 9.69 Å². The first-order chi connectivity index (χ1) is 11.7. The maximum absolute atomic E-state index is 11.5. The minimum atomic E-state index is -0.487. The zero-order valence-electron chi connectivity index (χ0n) is 14.2. The molecule has 1 amide bonds. The second-order valence-electron chi connectivity index (χ2n) is 6.98. The Labute approximate surface area is 144 Å². The van der Waals surface area contributed by atoms with Crippen LogP contribution in [0.2, 0.25) is 0 Å². The molecular weight excluding hydrogens is 304 g/mol. The van der Waals surface area contributed by atoms with E-state index in [1.54, 1.807) is 0 Å². The maximum atomic E-state index is 11.5. The average Bonchev–Trinajstić information content (AvgIpc) is 3.02. The smallest absolute Gasteiger partial charge is 0.220 e. The summed E-state index contributed by atoms with van der Waals surface area (Å²) < 4.78 is 5.66. The number of nitrogens with zero attached hydrogens (tertiary/aromatic N) is 1. The van der Waals surface area contributed by atoms with E-state index in [9.17, 15) is 9.90 Å². The number of rotatable bonds is 7. The van der Waals surface area contributed by atoms with Crippen molar-refractivity contribution in [3.8, 4) is 0 Å². The second kappa shape index (κ2) is 8.60. The van der Waals surface area contributed by atoms with Crippen molar-refractivity contribution < 1.29 is 14.6 Å². The number of hydrogen-bond donors (Lipinski definition) is 2. The third-order valence-corrected chi connectivity index (χ3v) is 5.08. The average molecular weight is 332 g/mol. The lowest BCUT2D eigenvalue weighted by Crippen LogP contribution is -2.48. The number of carbonyl (C=O) groups is 1. The summed E-state index contributed by atoms with van der Waals surface area (Å²) in [6, 6.07) is 10.4. The summed E-state index contributed by atoms with van der Waals surface area (Å²) in [6.07, 6.45) is 3.65. The zero-order chi connectivity index (χ0) is 16.8. The molecule has 1 aromatic rings. The molecule has 0 bridgehead atoms. The van der Waals surface area contributed by atoms with Gasteiger partial charge in [0.05, 0.1) is 19.3 Å². The maximum Gasteiger partial charge on any atom is 0.220 e. The predicted molar refractivity (Wildman–Crippen MR) is 92.4 cm³/mol. The molecule has 0 spiro atoms. The van der Waals surface area contributed by atoms with Gasteiger partial charge in [0.25, 0.3) is 0 Å². The Morgan fingerprint density at radius 2 is 2.12 bits per heavy atom. The molecule has 5 nitrogen and oxygen atoms in total. The number of nitrogens with one attached hydrogen (secondary N) is 1. The lowest BCUT2D eigenvalue weighted by Gasteiger charge is -2.39. The van der Waals surface area contributed by atoms with Crippen molar-refractivity contribution in [3.63, 3.8) is 0 Å². The van der Waals surface area contributed by atoms with E-state index >= 15 is 0 Å². The molecular formula is C19H28N2O3. The third kappa shape index (κ3) is 4.79. The molecule has 0 radical (unpaired) electrons. The van der Waals surface area contributed by atoms with Gasteiger partial charge in [0, 0.05) is 31.5 Å². The van der Waals surface area contributed by atoms with Crippen LogP contribution in [0.1, 0.15) is 31.2 Å². The molecule has 3 rings (SSSR count). The van der Waals surface area contributed by atoms with E-state index in [1.165, 1.54) is 12.8 Å². The van der Waals surface area contributed by atoms with Gasteiger partial charge in [-0.15, -0.1) is 0 Å². The van der Waals surface area contributed by atoms with E-state index in [0.29, 0.717) is 38.1 Å². The Balaban J connectivity index is 1.45. The molecule has 0 aliphatic carbocycles. The number of benzene rings is 1. The van der Waals surface area contributed by atoms with E-state index in [0.717, 1.165) is 25.1 Å². The highest BCUT2D eigenvalue weighted by Crippen LogP contribution is 2.27. The van der Waals surface area contributed by atoms with Gasteiger partial charge in [0.15, 0.2) is 0 Å².